The van der Waals surface area contributed by atoms with Crippen LogP contribution in [-0.4, -0.2) is 11.1 Å². The zero-order valence-corrected chi connectivity index (χ0v) is 12.5. The first-order chi connectivity index (χ1) is 8.56. The third kappa shape index (κ3) is 5.37. The summed E-state index contributed by atoms with van der Waals surface area (Å²) in [6.07, 6.45) is 7.28. The molecule has 0 heterocycles. The van der Waals surface area contributed by atoms with Gasteiger partial charge in [-0.3, -0.25) is 4.57 Å². The second-order valence-electron chi connectivity index (χ2n) is 5.03. The van der Waals surface area contributed by atoms with Gasteiger partial charge in [0.1, 0.15) is 0 Å². The van der Waals surface area contributed by atoms with Crippen molar-refractivity contribution in [1.29, 1.82) is 0 Å². The molecule has 0 aromatic heterocycles. The first-order valence-electron chi connectivity index (χ1n) is 6.95. The van der Waals surface area contributed by atoms with Gasteiger partial charge in [-0.25, -0.2) is 0 Å². The lowest BCUT2D eigenvalue weighted by atomic mass is 10.1. The molecule has 2 nitrogen and oxygen atoms in total. The average molecular weight is 268 g/mol. The van der Waals surface area contributed by atoms with E-state index in [2.05, 4.69) is 6.92 Å². The Morgan fingerprint density at radius 1 is 1.00 bits per heavy atom. The number of unbranched alkanes of at least 4 members (excludes halogenated alkanes) is 5. The minimum atomic E-state index is -3.12. The minimum absolute atomic E-state index is 0.419. The molecule has 102 valence electrons. The van der Waals surface area contributed by atoms with Crippen LogP contribution in [0.3, 0.4) is 0 Å². The smallest absolute Gasteiger partial charge is 0.229 e. The second kappa shape index (κ2) is 7.76. The molecule has 0 radical (unpaired) electrons. The van der Waals surface area contributed by atoms with E-state index in [-0.39, 0.29) is 0 Å². The molecular weight excluding hydrogens is 243 g/mol. The molecule has 1 rings (SSSR count). The van der Waals surface area contributed by atoms with E-state index in [1.54, 1.807) is 12.1 Å². The van der Waals surface area contributed by atoms with Crippen LogP contribution in [0.2, 0.25) is 0 Å². The van der Waals surface area contributed by atoms with Crippen molar-refractivity contribution in [2.75, 3.05) is 6.16 Å². The Kier molecular flexibility index (Phi) is 6.67. The van der Waals surface area contributed by atoms with Crippen LogP contribution < -0.4 is 5.30 Å². The lowest BCUT2D eigenvalue weighted by molar-refractivity contribution is 0.485. The van der Waals surface area contributed by atoms with E-state index in [0.717, 1.165) is 18.4 Å². The van der Waals surface area contributed by atoms with Gasteiger partial charge in [0.15, 0.2) is 0 Å². The largest absolute Gasteiger partial charge is 0.341 e. The number of aryl methyl sites for hydroxylation is 1. The number of rotatable bonds is 8. The highest BCUT2D eigenvalue weighted by Gasteiger charge is 2.19. The van der Waals surface area contributed by atoms with Crippen LogP contribution in [0.25, 0.3) is 0 Å². The van der Waals surface area contributed by atoms with Gasteiger partial charge in [-0.15, -0.1) is 0 Å². The Hall–Kier alpha value is -0.590. The SMILES string of the molecule is CCCCCCCCP(=O)(O)c1ccc(C)cc1. The molecule has 0 aliphatic carbocycles. The molecule has 1 aromatic carbocycles. The molecule has 3 heteroatoms. The molecule has 0 aliphatic rings. The highest BCUT2D eigenvalue weighted by Crippen LogP contribution is 2.40. The summed E-state index contributed by atoms with van der Waals surface area (Å²) in [6, 6.07) is 7.37. The predicted molar refractivity (Wildman–Crippen MR) is 78.9 cm³/mol. The first-order valence-corrected chi connectivity index (χ1v) is 8.80. The van der Waals surface area contributed by atoms with E-state index in [1.807, 2.05) is 19.1 Å². The van der Waals surface area contributed by atoms with Crippen molar-refractivity contribution in [3.63, 3.8) is 0 Å². The molecule has 18 heavy (non-hydrogen) atoms. The zero-order valence-electron chi connectivity index (χ0n) is 11.6. The average Bonchev–Trinajstić information content (AvgIpc) is 2.34. The molecule has 0 amide bonds. The van der Waals surface area contributed by atoms with E-state index in [9.17, 15) is 9.46 Å². The first kappa shape index (κ1) is 15.5. The zero-order chi connectivity index (χ0) is 13.4. The highest BCUT2D eigenvalue weighted by molar-refractivity contribution is 7.66. The van der Waals surface area contributed by atoms with E-state index in [0.29, 0.717) is 11.5 Å². The van der Waals surface area contributed by atoms with Crippen molar-refractivity contribution in [2.24, 2.45) is 0 Å². The fourth-order valence-electron chi connectivity index (χ4n) is 2.01. The molecule has 0 bridgehead atoms. The van der Waals surface area contributed by atoms with E-state index < -0.39 is 7.37 Å². The Morgan fingerprint density at radius 2 is 1.56 bits per heavy atom. The Balaban J connectivity index is 2.35. The van der Waals surface area contributed by atoms with Crippen molar-refractivity contribution < 1.29 is 9.46 Å². The van der Waals surface area contributed by atoms with Gasteiger partial charge in [0.05, 0.1) is 0 Å². The van der Waals surface area contributed by atoms with Crippen molar-refractivity contribution >= 4 is 12.7 Å². The molecular formula is C15H25O2P. The molecule has 1 N–H and O–H groups in total. The van der Waals surface area contributed by atoms with Gasteiger partial charge in [0.2, 0.25) is 7.37 Å². The maximum Gasteiger partial charge on any atom is 0.229 e. The van der Waals surface area contributed by atoms with E-state index in [4.69, 9.17) is 0 Å². The van der Waals surface area contributed by atoms with Crippen molar-refractivity contribution in [2.45, 2.75) is 52.4 Å². The number of hydrogen-bond donors (Lipinski definition) is 1. The molecule has 0 saturated carbocycles. The van der Waals surface area contributed by atoms with Crippen molar-refractivity contribution in [3.05, 3.63) is 29.8 Å². The fourth-order valence-corrected chi connectivity index (χ4v) is 3.54. The summed E-state index contributed by atoms with van der Waals surface area (Å²) in [7, 11) is -3.12. The summed E-state index contributed by atoms with van der Waals surface area (Å²) in [5.41, 5.74) is 1.12. The van der Waals surface area contributed by atoms with Gasteiger partial charge < -0.3 is 4.89 Å². The topological polar surface area (TPSA) is 37.3 Å². The summed E-state index contributed by atoms with van der Waals surface area (Å²) in [5.74, 6) is 0. The number of benzene rings is 1. The molecule has 1 aromatic rings. The monoisotopic (exact) mass is 268 g/mol. The summed E-state index contributed by atoms with van der Waals surface area (Å²) >= 11 is 0. The fraction of sp³-hybridized carbons (Fsp3) is 0.600. The van der Waals surface area contributed by atoms with Gasteiger partial charge in [-0.1, -0.05) is 56.7 Å². The van der Waals surface area contributed by atoms with Crippen molar-refractivity contribution in [3.8, 4) is 0 Å². The van der Waals surface area contributed by atoms with Gasteiger partial charge in [0.25, 0.3) is 0 Å². The lowest BCUT2D eigenvalue weighted by Crippen LogP contribution is -2.07. The van der Waals surface area contributed by atoms with Crippen LogP contribution in [0.4, 0.5) is 0 Å². The number of hydrogen-bond acceptors (Lipinski definition) is 1. The lowest BCUT2D eigenvalue weighted by Gasteiger charge is -2.11. The summed E-state index contributed by atoms with van der Waals surface area (Å²) < 4.78 is 12.2. The third-order valence-electron chi connectivity index (χ3n) is 3.25. The molecule has 1 atom stereocenters. The predicted octanol–water partition coefficient (Wildman–Crippen LogP) is 4.25. The standard InChI is InChI=1S/C15H25O2P/c1-3-4-5-6-7-8-13-18(16,17)15-11-9-14(2)10-12-15/h9-12H,3-8,13H2,1-2H3,(H,16,17). The second-order valence-corrected chi connectivity index (χ2v) is 7.40. The van der Waals surface area contributed by atoms with Crippen LogP contribution in [0.1, 0.15) is 51.0 Å². The molecule has 0 fully saturated rings. The summed E-state index contributed by atoms with van der Waals surface area (Å²) in [6.45, 7) is 4.18. The van der Waals surface area contributed by atoms with Crippen LogP contribution in [0, 0.1) is 6.92 Å². The van der Waals surface area contributed by atoms with Crippen LogP contribution in [0.15, 0.2) is 24.3 Å². The van der Waals surface area contributed by atoms with Crippen molar-refractivity contribution in [1.82, 2.24) is 0 Å². The summed E-state index contributed by atoms with van der Waals surface area (Å²) in [5, 5.41) is 0.599. The van der Waals surface area contributed by atoms with Gasteiger partial charge in [-0.2, -0.15) is 0 Å². The summed E-state index contributed by atoms with van der Waals surface area (Å²) in [4.78, 5) is 10.0. The Bertz CT molecular complexity index is 384. The van der Waals surface area contributed by atoms with Gasteiger partial charge in [-0.05, 0) is 25.5 Å². The van der Waals surface area contributed by atoms with Crippen LogP contribution in [-0.2, 0) is 4.57 Å². The maximum absolute atomic E-state index is 12.2. The van der Waals surface area contributed by atoms with E-state index in [1.165, 1.54) is 25.7 Å². The molecule has 1 unspecified atom stereocenters. The van der Waals surface area contributed by atoms with E-state index >= 15 is 0 Å². The quantitative estimate of drug-likeness (QED) is 0.565. The van der Waals surface area contributed by atoms with Gasteiger partial charge in [0, 0.05) is 11.5 Å². The van der Waals surface area contributed by atoms with Gasteiger partial charge >= 0.3 is 0 Å². The maximum atomic E-state index is 12.2. The molecule has 0 aliphatic heterocycles. The normalized spacial score (nSPS) is 14.4. The highest BCUT2D eigenvalue weighted by atomic mass is 31.2. The Morgan fingerprint density at radius 3 is 2.17 bits per heavy atom. The van der Waals surface area contributed by atoms with Crippen LogP contribution >= 0.6 is 7.37 Å². The van der Waals surface area contributed by atoms with Crippen LogP contribution in [0.5, 0.6) is 0 Å². The molecule has 0 spiro atoms. The third-order valence-corrected chi connectivity index (χ3v) is 5.28. The molecule has 0 saturated heterocycles. The Labute approximate surface area is 111 Å². The minimum Gasteiger partial charge on any atom is -0.341 e.